The van der Waals surface area contributed by atoms with Gasteiger partial charge >= 0.3 is 11.8 Å². The monoisotopic (exact) mass is 387 g/mol. The number of sulfone groups is 1. The number of rotatable bonds is 5. The molecule has 1 atom stereocenters. The number of amides is 2. The van der Waals surface area contributed by atoms with Gasteiger partial charge in [0, 0.05) is 32.0 Å². The van der Waals surface area contributed by atoms with Crippen LogP contribution >= 0.6 is 0 Å². The summed E-state index contributed by atoms with van der Waals surface area (Å²) in [5.41, 5.74) is 0.454. The van der Waals surface area contributed by atoms with Crippen molar-refractivity contribution in [2.45, 2.75) is 23.0 Å². The molecule has 0 unspecified atom stereocenters. The molecular formula is C19H21N3O4S. The van der Waals surface area contributed by atoms with Crippen LogP contribution in [0.3, 0.4) is 0 Å². The summed E-state index contributed by atoms with van der Waals surface area (Å²) in [6.45, 7) is 0.905. The molecule has 3 rings (SSSR count). The normalized spacial score (nSPS) is 15.3. The van der Waals surface area contributed by atoms with Crippen LogP contribution < -0.4 is 5.32 Å². The van der Waals surface area contributed by atoms with Crippen molar-refractivity contribution in [2.24, 2.45) is 0 Å². The highest BCUT2D eigenvalue weighted by Crippen LogP contribution is 2.27. The van der Waals surface area contributed by atoms with E-state index in [1.165, 1.54) is 23.2 Å². The van der Waals surface area contributed by atoms with E-state index in [0.717, 1.165) is 12.8 Å². The summed E-state index contributed by atoms with van der Waals surface area (Å²) < 4.78 is 26.2. The Balaban J connectivity index is 1.81. The SMILES string of the molecule is O=C(NC[C@@H](c1cccnc1)S(=O)(=O)c1ccccc1)C(=O)N1CCCC1. The summed E-state index contributed by atoms with van der Waals surface area (Å²) in [7, 11) is -3.77. The first kappa shape index (κ1) is 19.0. The minimum atomic E-state index is -3.77. The number of aromatic nitrogens is 1. The Morgan fingerprint density at radius 3 is 2.41 bits per heavy atom. The van der Waals surface area contributed by atoms with Gasteiger partial charge in [0.15, 0.2) is 9.84 Å². The fourth-order valence-corrected chi connectivity index (χ4v) is 4.74. The van der Waals surface area contributed by atoms with E-state index < -0.39 is 26.9 Å². The van der Waals surface area contributed by atoms with Crippen LogP contribution in [0.1, 0.15) is 23.7 Å². The molecule has 1 aromatic carbocycles. The van der Waals surface area contributed by atoms with Crippen molar-refractivity contribution < 1.29 is 18.0 Å². The zero-order valence-electron chi connectivity index (χ0n) is 14.7. The predicted molar refractivity (Wildman–Crippen MR) is 99.4 cm³/mol. The van der Waals surface area contributed by atoms with Gasteiger partial charge in [0.2, 0.25) is 0 Å². The first-order valence-electron chi connectivity index (χ1n) is 8.76. The number of nitrogens with one attached hydrogen (secondary N) is 1. The number of hydrogen-bond acceptors (Lipinski definition) is 5. The highest BCUT2D eigenvalue weighted by molar-refractivity contribution is 7.91. The van der Waals surface area contributed by atoms with Crippen molar-refractivity contribution >= 4 is 21.7 Å². The number of nitrogens with zero attached hydrogens (tertiary/aromatic N) is 2. The maximum absolute atomic E-state index is 13.1. The van der Waals surface area contributed by atoms with E-state index in [1.54, 1.807) is 36.5 Å². The van der Waals surface area contributed by atoms with E-state index in [4.69, 9.17) is 0 Å². The van der Waals surface area contributed by atoms with Crippen LogP contribution in [0, 0.1) is 0 Å². The molecule has 1 fully saturated rings. The van der Waals surface area contributed by atoms with E-state index in [-0.39, 0.29) is 11.4 Å². The first-order valence-corrected chi connectivity index (χ1v) is 10.3. The number of carbonyl (C=O) groups excluding carboxylic acids is 2. The Hall–Kier alpha value is -2.74. The van der Waals surface area contributed by atoms with E-state index in [0.29, 0.717) is 18.7 Å². The summed E-state index contributed by atoms with van der Waals surface area (Å²) >= 11 is 0. The van der Waals surface area contributed by atoms with Crippen LogP contribution in [-0.2, 0) is 19.4 Å². The van der Waals surface area contributed by atoms with Crippen LogP contribution in [0.5, 0.6) is 0 Å². The zero-order valence-corrected chi connectivity index (χ0v) is 15.6. The van der Waals surface area contributed by atoms with Crippen molar-refractivity contribution in [3.63, 3.8) is 0 Å². The van der Waals surface area contributed by atoms with Gasteiger partial charge < -0.3 is 10.2 Å². The fourth-order valence-electron chi connectivity index (χ4n) is 3.07. The van der Waals surface area contributed by atoms with Crippen molar-refractivity contribution in [1.82, 2.24) is 15.2 Å². The molecule has 2 heterocycles. The molecule has 0 bridgehead atoms. The Morgan fingerprint density at radius 2 is 1.78 bits per heavy atom. The second kappa shape index (κ2) is 8.30. The molecule has 0 aliphatic carbocycles. The van der Waals surface area contributed by atoms with Gasteiger partial charge in [-0.2, -0.15) is 0 Å². The number of likely N-dealkylation sites (tertiary alicyclic amines) is 1. The Kier molecular flexibility index (Phi) is 5.85. The van der Waals surface area contributed by atoms with Crippen LogP contribution in [0.4, 0.5) is 0 Å². The highest BCUT2D eigenvalue weighted by atomic mass is 32.2. The van der Waals surface area contributed by atoms with Crippen molar-refractivity contribution in [1.29, 1.82) is 0 Å². The molecule has 0 saturated carbocycles. The Morgan fingerprint density at radius 1 is 1.07 bits per heavy atom. The summed E-state index contributed by atoms with van der Waals surface area (Å²) in [6, 6.07) is 11.3. The zero-order chi connectivity index (χ0) is 19.3. The summed E-state index contributed by atoms with van der Waals surface area (Å²) in [4.78, 5) is 30.0. The third-order valence-electron chi connectivity index (χ3n) is 4.54. The van der Waals surface area contributed by atoms with E-state index in [2.05, 4.69) is 10.3 Å². The second-order valence-electron chi connectivity index (χ2n) is 6.34. The molecule has 2 amide bonds. The van der Waals surface area contributed by atoms with Crippen LogP contribution in [0.15, 0.2) is 59.8 Å². The average molecular weight is 387 g/mol. The molecule has 1 saturated heterocycles. The van der Waals surface area contributed by atoms with Crippen molar-refractivity contribution in [3.05, 3.63) is 60.4 Å². The number of benzene rings is 1. The van der Waals surface area contributed by atoms with Gasteiger partial charge in [0.05, 0.1) is 4.90 Å². The minimum absolute atomic E-state index is 0.152. The molecular weight excluding hydrogens is 366 g/mol. The second-order valence-corrected chi connectivity index (χ2v) is 8.47. The van der Waals surface area contributed by atoms with Gasteiger partial charge in [-0.1, -0.05) is 24.3 Å². The molecule has 1 aromatic heterocycles. The fraction of sp³-hybridized carbons (Fsp3) is 0.316. The lowest BCUT2D eigenvalue weighted by atomic mass is 10.2. The molecule has 2 aromatic rings. The van der Waals surface area contributed by atoms with Crippen molar-refractivity contribution in [2.75, 3.05) is 19.6 Å². The minimum Gasteiger partial charge on any atom is -0.346 e. The molecule has 1 aliphatic rings. The van der Waals surface area contributed by atoms with Gasteiger partial charge in [-0.25, -0.2) is 8.42 Å². The molecule has 0 spiro atoms. The van der Waals surface area contributed by atoms with Crippen molar-refractivity contribution in [3.8, 4) is 0 Å². The Labute approximate surface area is 158 Å². The molecule has 1 aliphatic heterocycles. The third kappa shape index (κ3) is 4.33. The third-order valence-corrected chi connectivity index (χ3v) is 6.66. The molecule has 1 N–H and O–H groups in total. The molecule has 8 heteroatoms. The van der Waals surface area contributed by atoms with Gasteiger partial charge in [0.1, 0.15) is 5.25 Å². The van der Waals surface area contributed by atoms with E-state index >= 15 is 0 Å². The first-order chi connectivity index (χ1) is 13.0. The molecule has 0 radical (unpaired) electrons. The lowest BCUT2D eigenvalue weighted by Crippen LogP contribution is -2.43. The topological polar surface area (TPSA) is 96.4 Å². The maximum atomic E-state index is 13.1. The lowest BCUT2D eigenvalue weighted by molar-refractivity contribution is -0.145. The number of carbonyl (C=O) groups is 2. The largest absolute Gasteiger partial charge is 0.346 e. The standard InChI is InChI=1S/C19H21N3O4S/c23-18(19(24)22-11-4-5-12-22)21-14-17(15-7-6-10-20-13-15)27(25,26)16-8-2-1-3-9-16/h1-3,6-10,13,17H,4-5,11-12,14H2,(H,21,23)/t17-/m0/s1. The van der Waals surface area contributed by atoms with Crippen LogP contribution in [0.2, 0.25) is 0 Å². The van der Waals surface area contributed by atoms with Crippen LogP contribution in [0.25, 0.3) is 0 Å². The van der Waals surface area contributed by atoms with E-state index in [9.17, 15) is 18.0 Å². The number of hydrogen-bond donors (Lipinski definition) is 1. The van der Waals surface area contributed by atoms with Crippen LogP contribution in [-0.4, -0.2) is 49.8 Å². The smallest absolute Gasteiger partial charge is 0.311 e. The predicted octanol–water partition coefficient (Wildman–Crippen LogP) is 1.34. The van der Waals surface area contributed by atoms with Gasteiger partial charge in [-0.15, -0.1) is 0 Å². The molecule has 27 heavy (non-hydrogen) atoms. The summed E-state index contributed by atoms with van der Waals surface area (Å²) in [5.74, 6) is -1.40. The molecule has 7 nitrogen and oxygen atoms in total. The quantitative estimate of drug-likeness (QED) is 0.781. The lowest BCUT2D eigenvalue weighted by Gasteiger charge is -2.20. The summed E-state index contributed by atoms with van der Waals surface area (Å²) in [5, 5.41) is 1.46. The van der Waals surface area contributed by atoms with E-state index in [1.807, 2.05) is 0 Å². The summed E-state index contributed by atoms with van der Waals surface area (Å²) in [6.07, 6.45) is 4.75. The van der Waals surface area contributed by atoms with Gasteiger partial charge in [-0.3, -0.25) is 14.6 Å². The Bertz CT molecular complexity index is 895. The van der Waals surface area contributed by atoms with Gasteiger partial charge in [-0.05, 0) is 36.6 Å². The molecule has 142 valence electrons. The highest BCUT2D eigenvalue weighted by Gasteiger charge is 2.31. The maximum Gasteiger partial charge on any atom is 0.311 e. The van der Waals surface area contributed by atoms with Gasteiger partial charge in [0.25, 0.3) is 0 Å². The average Bonchev–Trinajstić information content (AvgIpc) is 3.23. The number of pyridine rings is 1.